The van der Waals surface area contributed by atoms with Crippen LogP contribution in [-0.4, -0.2) is 70.8 Å². The summed E-state index contributed by atoms with van der Waals surface area (Å²) in [4.78, 5) is 45.7. The second kappa shape index (κ2) is 9.88. The monoisotopic (exact) mass is 436 g/mol. The van der Waals surface area contributed by atoms with Crippen LogP contribution in [0.2, 0.25) is 0 Å². The highest BCUT2D eigenvalue weighted by Gasteiger charge is 2.35. The Morgan fingerprint density at radius 1 is 1.00 bits per heavy atom. The summed E-state index contributed by atoms with van der Waals surface area (Å²) in [5.41, 5.74) is 7.83. The molecule has 168 valence electrons. The summed E-state index contributed by atoms with van der Waals surface area (Å²) < 4.78 is 0. The van der Waals surface area contributed by atoms with Crippen LogP contribution in [0.1, 0.15) is 35.3 Å². The molecule has 0 bridgehead atoms. The zero-order valence-corrected chi connectivity index (χ0v) is 18.0. The molecule has 9 heteroatoms. The topological polar surface area (TPSA) is 107 Å². The Bertz CT molecular complexity index is 947. The van der Waals surface area contributed by atoms with Crippen molar-refractivity contribution < 1.29 is 14.4 Å². The van der Waals surface area contributed by atoms with Crippen molar-refractivity contribution in [3.63, 3.8) is 0 Å². The van der Waals surface area contributed by atoms with Gasteiger partial charge in [-0.15, -0.1) is 0 Å². The lowest BCUT2D eigenvalue weighted by Gasteiger charge is -2.37. The predicted octanol–water partition coefficient (Wildman–Crippen LogP) is 0.479. The summed E-state index contributed by atoms with van der Waals surface area (Å²) in [5, 5.41) is 2.76. The van der Waals surface area contributed by atoms with E-state index in [0.717, 1.165) is 5.56 Å². The number of benzene rings is 1. The van der Waals surface area contributed by atoms with Gasteiger partial charge < -0.3 is 15.1 Å². The highest BCUT2D eigenvalue weighted by molar-refractivity contribution is 5.97. The third-order valence-electron chi connectivity index (χ3n) is 5.95. The minimum Gasteiger partial charge on any atom is -0.341 e. The van der Waals surface area contributed by atoms with Crippen LogP contribution >= 0.6 is 0 Å². The van der Waals surface area contributed by atoms with E-state index in [1.165, 1.54) is 0 Å². The van der Waals surface area contributed by atoms with Gasteiger partial charge in [0.2, 0.25) is 11.8 Å². The maximum Gasteiger partial charge on any atom is 0.251 e. The van der Waals surface area contributed by atoms with Crippen LogP contribution in [0.5, 0.6) is 0 Å². The van der Waals surface area contributed by atoms with E-state index < -0.39 is 6.04 Å². The van der Waals surface area contributed by atoms with E-state index in [0.29, 0.717) is 38.2 Å². The minimum absolute atomic E-state index is 0.0291. The first kappa shape index (κ1) is 21.9. The van der Waals surface area contributed by atoms with Gasteiger partial charge in [0.1, 0.15) is 12.1 Å². The Morgan fingerprint density at radius 2 is 1.72 bits per heavy atom. The Balaban J connectivity index is 1.25. The van der Waals surface area contributed by atoms with E-state index >= 15 is 0 Å². The summed E-state index contributed by atoms with van der Waals surface area (Å²) in [6.07, 6.45) is 4.17. The van der Waals surface area contributed by atoms with Gasteiger partial charge in [0, 0.05) is 50.2 Å². The highest BCUT2D eigenvalue weighted by atomic mass is 16.2. The zero-order valence-electron chi connectivity index (χ0n) is 18.0. The molecular formula is C23H28N6O3. The molecule has 2 fully saturated rings. The van der Waals surface area contributed by atoms with Crippen LogP contribution in [-0.2, 0) is 9.59 Å². The van der Waals surface area contributed by atoms with Crippen LogP contribution in [0, 0.1) is 0 Å². The fraction of sp³-hybridized carbons (Fsp3) is 0.391. The SMILES string of the molecule is CC(NC(=O)c1ccccc1)C(=O)N1CCN(C(=O)C2CC(c3cccnc3)NN2)CC1. The molecule has 3 amide bonds. The molecule has 32 heavy (non-hydrogen) atoms. The summed E-state index contributed by atoms with van der Waals surface area (Å²) >= 11 is 0. The van der Waals surface area contributed by atoms with Gasteiger partial charge in [-0.3, -0.25) is 19.4 Å². The number of carbonyl (C=O) groups excluding carboxylic acids is 3. The molecule has 2 aromatic rings. The van der Waals surface area contributed by atoms with E-state index in [-0.39, 0.29) is 29.8 Å². The van der Waals surface area contributed by atoms with Crippen LogP contribution in [0.15, 0.2) is 54.9 Å². The Morgan fingerprint density at radius 3 is 2.41 bits per heavy atom. The lowest BCUT2D eigenvalue weighted by atomic mass is 10.0. The maximum absolute atomic E-state index is 12.9. The van der Waals surface area contributed by atoms with Crippen LogP contribution in [0.3, 0.4) is 0 Å². The maximum atomic E-state index is 12.9. The molecule has 9 nitrogen and oxygen atoms in total. The smallest absolute Gasteiger partial charge is 0.251 e. The van der Waals surface area contributed by atoms with Gasteiger partial charge in [-0.2, -0.15) is 0 Å². The lowest BCUT2D eigenvalue weighted by molar-refractivity contribution is -0.141. The van der Waals surface area contributed by atoms with Crippen molar-refractivity contribution in [3.8, 4) is 0 Å². The van der Waals surface area contributed by atoms with Crippen LogP contribution < -0.4 is 16.2 Å². The third kappa shape index (κ3) is 4.95. The van der Waals surface area contributed by atoms with E-state index in [9.17, 15) is 14.4 Å². The van der Waals surface area contributed by atoms with Gasteiger partial charge in [0.15, 0.2) is 0 Å². The van der Waals surface area contributed by atoms with Gasteiger partial charge in [-0.1, -0.05) is 24.3 Å². The van der Waals surface area contributed by atoms with E-state index in [2.05, 4.69) is 21.2 Å². The zero-order chi connectivity index (χ0) is 22.5. The van der Waals surface area contributed by atoms with Crippen molar-refractivity contribution in [1.82, 2.24) is 31.0 Å². The number of nitrogens with zero attached hydrogens (tertiary/aromatic N) is 3. The fourth-order valence-corrected chi connectivity index (χ4v) is 4.09. The number of pyridine rings is 1. The second-order valence-corrected chi connectivity index (χ2v) is 8.13. The average Bonchev–Trinajstić information content (AvgIpc) is 3.34. The largest absolute Gasteiger partial charge is 0.341 e. The molecule has 2 aliphatic heterocycles. The third-order valence-corrected chi connectivity index (χ3v) is 5.95. The molecule has 1 aromatic heterocycles. The first-order valence-corrected chi connectivity index (χ1v) is 10.9. The predicted molar refractivity (Wildman–Crippen MR) is 118 cm³/mol. The second-order valence-electron chi connectivity index (χ2n) is 8.13. The molecule has 3 N–H and O–H groups in total. The van der Waals surface area contributed by atoms with Crippen LogP contribution in [0.4, 0.5) is 0 Å². The molecule has 3 heterocycles. The van der Waals surface area contributed by atoms with Crippen LogP contribution in [0.25, 0.3) is 0 Å². The molecular weight excluding hydrogens is 408 g/mol. The molecule has 0 aliphatic carbocycles. The van der Waals surface area contributed by atoms with Gasteiger partial charge in [-0.05, 0) is 37.1 Å². The number of hydrogen-bond acceptors (Lipinski definition) is 6. The summed E-state index contributed by atoms with van der Waals surface area (Å²) in [7, 11) is 0. The molecule has 0 saturated carbocycles. The van der Waals surface area contributed by atoms with Crippen molar-refractivity contribution in [2.24, 2.45) is 0 Å². The highest BCUT2D eigenvalue weighted by Crippen LogP contribution is 2.22. The van der Waals surface area contributed by atoms with Gasteiger partial charge >= 0.3 is 0 Å². The van der Waals surface area contributed by atoms with E-state index in [4.69, 9.17) is 0 Å². The first-order valence-electron chi connectivity index (χ1n) is 10.9. The Hall–Kier alpha value is -3.30. The molecule has 1 aromatic carbocycles. The Kier molecular flexibility index (Phi) is 6.77. The normalized spacial score (nSPS) is 21.8. The number of carbonyl (C=O) groups is 3. The molecule has 4 rings (SSSR count). The quantitative estimate of drug-likeness (QED) is 0.630. The van der Waals surface area contributed by atoms with Crippen molar-refractivity contribution in [2.75, 3.05) is 26.2 Å². The number of rotatable bonds is 5. The number of aromatic nitrogens is 1. The molecule has 0 radical (unpaired) electrons. The summed E-state index contributed by atoms with van der Waals surface area (Å²) in [6.45, 7) is 3.53. The standard InChI is InChI=1S/C23H28N6O3/c1-16(25-21(30)17-6-3-2-4-7-17)22(31)28-10-12-29(13-11-28)23(32)20-14-19(26-27-20)18-8-5-9-24-15-18/h2-9,15-16,19-20,26-27H,10-14H2,1H3,(H,25,30). The first-order chi connectivity index (χ1) is 15.5. The molecule has 3 unspecified atom stereocenters. The average molecular weight is 437 g/mol. The Labute approximate surface area is 187 Å². The summed E-state index contributed by atoms with van der Waals surface area (Å²) in [6, 6.07) is 11.8. The summed E-state index contributed by atoms with van der Waals surface area (Å²) in [5.74, 6) is -0.386. The van der Waals surface area contributed by atoms with Gasteiger partial charge in [0.25, 0.3) is 5.91 Å². The van der Waals surface area contributed by atoms with Gasteiger partial charge in [-0.25, -0.2) is 10.9 Å². The molecule has 3 atom stereocenters. The van der Waals surface area contributed by atoms with Crippen molar-refractivity contribution >= 4 is 17.7 Å². The number of hydrogen-bond donors (Lipinski definition) is 3. The molecule has 2 saturated heterocycles. The number of nitrogens with one attached hydrogen (secondary N) is 3. The lowest BCUT2D eigenvalue weighted by Crippen LogP contribution is -2.57. The number of hydrazine groups is 1. The van der Waals surface area contributed by atoms with Crippen molar-refractivity contribution in [2.45, 2.75) is 31.5 Å². The van der Waals surface area contributed by atoms with Crippen molar-refractivity contribution in [3.05, 3.63) is 66.0 Å². The molecule has 0 spiro atoms. The number of piperazine rings is 1. The fourth-order valence-electron chi connectivity index (χ4n) is 4.09. The van der Waals surface area contributed by atoms with Gasteiger partial charge in [0.05, 0.1) is 0 Å². The van der Waals surface area contributed by atoms with E-state index in [1.54, 1.807) is 53.4 Å². The molecule has 2 aliphatic rings. The van der Waals surface area contributed by atoms with E-state index in [1.807, 2.05) is 18.2 Å². The minimum atomic E-state index is -0.633. The number of amides is 3. The van der Waals surface area contributed by atoms with Crippen molar-refractivity contribution in [1.29, 1.82) is 0 Å².